The predicted molar refractivity (Wildman–Crippen MR) is 83.8 cm³/mol. The number of halogens is 1. The lowest BCUT2D eigenvalue weighted by Gasteiger charge is -2.32. The van der Waals surface area contributed by atoms with Gasteiger partial charge in [-0.25, -0.2) is 24.3 Å². The average molecular weight is 317 g/mol. The number of nitrogens with zero attached hydrogens (tertiary/aromatic N) is 5. The third-order valence-electron chi connectivity index (χ3n) is 4.08. The fourth-order valence-electron chi connectivity index (χ4n) is 2.73. The van der Waals surface area contributed by atoms with Crippen molar-refractivity contribution in [2.75, 3.05) is 24.6 Å². The molecule has 0 spiro atoms. The third-order valence-corrected chi connectivity index (χ3v) is 4.08. The van der Waals surface area contributed by atoms with Crippen LogP contribution in [0.3, 0.4) is 0 Å². The molecule has 1 saturated heterocycles. The number of hydrogen-bond donors (Lipinski definition) is 0. The monoisotopic (exact) mass is 317 g/mol. The molecule has 1 aliphatic rings. The molecular formula is C16H20FN5O. The molecule has 3 heterocycles. The van der Waals surface area contributed by atoms with Crippen LogP contribution in [0.4, 0.5) is 10.2 Å². The van der Waals surface area contributed by atoms with Crippen molar-refractivity contribution >= 4 is 5.82 Å². The maximum Gasteiger partial charge on any atom is 0.316 e. The molecule has 0 radical (unpaired) electrons. The van der Waals surface area contributed by atoms with E-state index in [1.54, 1.807) is 18.5 Å². The molecule has 0 unspecified atom stereocenters. The standard InChI is InChI=1S/C16H20FN5O/c1-2-13-14(17)15(21-11-20-13)22-8-4-12(5-9-22)10-23-16-18-6-3-7-19-16/h3,6-7,11-12H,2,4-5,8-10H2,1H3. The fourth-order valence-corrected chi connectivity index (χ4v) is 2.73. The highest BCUT2D eigenvalue weighted by atomic mass is 19.1. The molecule has 1 aliphatic heterocycles. The van der Waals surface area contributed by atoms with Crippen LogP contribution in [-0.4, -0.2) is 39.6 Å². The number of hydrogen-bond acceptors (Lipinski definition) is 6. The summed E-state index contributed by atoms with van der Waals surface area (Å²) in [5.41, 5.74) is 0.474. The Kier molecular flexibility index (Phi) is 4.95. The summed E-state index contributed by atoms with van der Waals surface area (Å²) in [4.78, 5) is 18.2. The zero-order chi connectivity index (χ0) is 16.1. The van der Waals surface area contributed by atoms with Crippen molar-refractivity contribution in [1.29, 1.82) is 0 Å². The van der Waals surface area contributed by atoms with Gasteiger partial charge in [0.25, 0.3) is 0 Å². The Bertz CT molecular complexity index is 632. The predicted octanol–water partition coefficient (Wildman–Crippen LogP) is 2.26. The van der Waals surface area contributed by atoms with Crippen molar-refractivity contribution in [3.05, 3.63) is 36.3 Å². The van der Waals surface area contributed by atoms with E-state index in [9.17, 15) is 4.39 Å². The van der Waals surface area contributed by atoms with E-state index in [0.717, 1.165) is 25.9 Å². The van der Waals surface area contributed by atoms with E-state index >= 15 is 0 Å². The van der Waals surface area contributed by atoms with Crippen molar-refractivity contribution in [2.24, 2.45) is 5.92 Å². The highest BCUT2D eigenvalue weighted by molar-refractivity contribution is 5.41. The van der Waals surface area contributed by atoms with E-state index in [-0.39, 0.29) is 5.82 Å². The minimum Gasteiger partial charge on any atom is -0.463 e. The molecule has 0 atom stereocenters. The molecule has 6 nitrogen and oxygen atoms in total. The molecule has 122 valence electrons. The third kappa shape index (κ3) is 3.72. The van der Waals surface area contributed by atoms with Crippen molar-refractivity contribution in [3.63, 3.8) is 0 Å². The Morgan fingerprint density at radius 3 is 2.61 bits per heavy atom. The summed E-state index contributed by atoms with van der Waals surface area (Å²) >= 11 is 0. The zero-order valence-corrected chi connectivity index (χ0v) is 13.2. The van der Waals surface area contributed by atoms with Crippen LogP contribution < -0.4 is 9.64 Å². The van der Waals surface area contributed by atoms with Crippen LogP contribution in [0.15, 0.2) is 24.8 Å². The van der Waals surface area contributed by atoms with E-state index in [4.69, 9.17) is 4.74 Å². The van der Waals surface area contributed by atoms with Gasteiger partial charge >= 0.3 is 6.01 Å². The summed E-state index contributed by atoms with van der Waals surface area (Å²) < 4.78 is 19.9. The van der Waals surface area contributed by atoms with Gasteiger partial charge in [0.15, 0.2) is 11.6 Å². The van der Waals surface area contributed by atoms with Gasteiger partial charge in [-0.1, -0.05) is 6.92 Å². The molecule has 2 aromatic rings. The van der Waals surface area contributed by atoms with Gasteiger partial charge in [0.1, 0.15) is 6.33 Å². The molecule has 0 aliphatic carbocycles. The zero-order valence-electron chi connectivity index (χ0n) is 13.2. The molecule has 23 heavy (non-hydrogen) atoms. The van der Waals surface area contributed by atoms with Gasteiger partial charge < -0.3 is 9.64 Å². The van der Waals surface area contributed by atoms with E-state index in [0.29, 0.717) is 36.5 Å². The van der Waals surface area contributed by atoms with Gasteiger partial charge in [-0.15, -0.1) is 0 Å². The highest BCUT2D eigenvalue weighted by Gasteiger charge is 2.24. The summed E-state index contributed by atoms with van der Waals surface area (Å²) in [6, 6.07) is 2.16. The van der Waals surface area contributed by atoms with Crippen molar-refractivity contribution in [1.82, 2.24) is 19.9 Å². The number of ether oxygens (including phenoxy) is 1. The van der Waals surface area contributed by atoms with Crippen LogP contribution in [0, 0.1) is 11.7 Å². The van der Waals surface area contributed by atoms with Crippen molar-refractivity contribution < 1.29 is 9.13 Å². The van der Waals surface area contributed by atoms with Crippen LogP contribution in [-0.2, 0) is 6.42 Å². The first-order chi connectivity index (χ1) is 11.3. The van der Waals surface area contributed by atoms with Gasteiger partial charge in [-0.05, 0) is 31.2 Å². The smallest absolute Gasteiger partial charge is 0.316 e. The van der Waals surface area contributed by atoms with Gasteiger partial charge in [0, 0.05) is 25.5 Å². The summed E-state index contributed by atoms with van der Waals surface area (Å²) in [6.07, 6.45) is 7.19. The van der Waals surface area contributed by atoms with E-state index in [2.05, 4.69) is 19.9 Å². The van der Waals surface area contributed by atoms with Gasteiger partial charge in [-0.3, -0.25) is 0 Å². The van der Waals surface area contributed by atoms with E-state index < -0.39 is 0 Å². The Balaban J connectivity index is 1.54. The number of aromatic nitrogens is 4. The van der Waals surface area contributed by atoms with Crippen LogP contribution in [0.1, 0.15) is 25.5 Å². The molecule has 0 amide bonds. The number of rotatable bonds is 5. The fraction of sp³-hybridized carbons (Fsp3) is 0.500. The molecule has 0 saturated carbocycles. The molecule has 2 aromatic heterocycles. The molecule has 0 bridgehead atoms. The summed E-state index contributed by atoms with van der Waals surface area (Å²) in [7, 11) is 0. The number of aryl methyl sites for hydroxylation is 1. The lowest BCUT2D eigenvalue weighted by molar-refractivity contribution is 0.208. The van der Waals surface area contributed by atoms with E-state index in [1.807, 2.05) is 11.8 Å². The molecule has 0 N–H and O–H groups in total. The second kappa shape index (κ2) is 7.30. The number of piperidine rings is 1. The van der Waals surface area contributed by atoms with E-state index in [1.165, 1.54) is 6.33 Å². The second-order valence-electron chi connectivity index (χ2n) is 5.58. The lowest BCUT2D eigenvalue weighted by Crippen LogP contribution is -2.36. The SMILES string of the molecule is CCc1ncnc(N2CCC(COc3ncccn3)CC2)c1F. The Morgan fingerprint density at radius 1 is 1.17 bits per heavy atom. The minimum atomic E-state index is -0.289. The molecule has 1 fully saturated rings. The highest BCUT2D eigenvalue weighted by Crippen LogP contribution is 2.25. The normalized spacial score (nSPS) is 15.7. The van der Waals surface area contributed by atoms with Crippen LogP contribution in [0.5, 0.6) is 6.01 Å². The van der Waals surface area contributed by atoms with Crippen LogP contribution >= 0.6 is 0 Å². The molecule has 3 rings (SSSR count). The van der Waals surface area contributed by atoms with Gasteiger partial charge in [0.05, 0.1) is 12.3 Å². The number of anilines is 1. The maximum atomic E-state index is 14.3. The van der Waals surface area contributed by atoms with Gasteiger partial charge in [0.2, 0.25) is 0 Å². The van der Waals surface area contributed by atoms with Crippen LogP contribution in [0.2, 0.25) is 0 Å². The Morgan fingerprint density at radius 2 is 1.91 bits per heavy atom. The first-order valence-electron chi connectivity index (χ1n) is 7.92. The Labute approximate surface area is 134 Å². The average Bonchev–Trinajstić information content (AvgIpc) is 2.62. The molecular weight excluding hydrogens is 297 g/mol. The Hall–Kier alpha value is -2.31. The molecule has 0 aromatic carbocycles. The first kappa shape index (κ1) is 15.6. The summed E-state index contributed by atoms with van der Waals surface area (Å²) in [5, 5.41) is 0. The van der Waals surface area contributed by atoms with Crippen molar-refractivity contribution in [3.8, 4) is 6.01 Å². The second-order valence-corrected chi connectivity index (χ2v) is 5.58. The largest absolute Gasteiger partial charge is 0.463 e. The minimum absolute atomic E-state index is 0.289. The summed E-state index contributed by atoms with van der Waals surface area (Å²) in [5.74, 6) is 0.551. The van der Waals surface area contributed by atoms with Crippen LogP contribution in [0.25, 0.3) is 0 Å². The summed E-state index contributed by atoms with van der Waals surface area (Å²) in [6.45, 7) is 4.01. The van der Waals surface area contributed by atoms with Gasteiger partial charge in [-0.2, -0.15) is 0 Å². The van der Waals surface area contributed by atoms with Crippen molar-refractivity contribution in [2.45, 2.75) is 26.2 Å². The molecule has 7 heteroatoms. The first-order valence-corrected chi connectivity index (χ1v) is 7.92. The maximum absolute atomic E-state index is 14.3. The quantitative estimate of drug-likeness (QED) is 0.843. The topological polar surface area (TPSA) is 64.0 Å². The lowest BCUT2D eigenvalue weighted by atomic mass is 9.98.